The van der Waals surface area contributed by atoms with E-state index in [-0.39, 0.29) is 16.8 Å². The summed E-state index contributed by atoms with van der Waals surface area (Å²) in [5.41, 5.74) is 2.00. The molecule has 3 aromatic carbocycles. The second-order valence-electron chi connectivity index (χ2n) is 13.2. The molecule has 3 heterocycles. The Morgan fingerprint density at radius 3 is 2.02 bits per heavy atom. The minimum absolute atomic E-state index is 0.0472. The summed E-state index contributed by atoms with van der Waals surface area (Å²) < 4.78 is 33.9. The highest BCUT2D eigenvalue weighted by Crippen LogP contribution is 2.46. The zero-order valence-corrected chi connectivity index (χ0v) is 31.5. The second-order valence-corrected chi connectivity index (χ2v) is 16.2. The third-order valence-corrected chi connectivity index (χ3v) is 12.0. The molecule has 11 nitrogen and oxygen atoms in total. The second kappa shape index (κ2) is 15.9. The van der Waals surface area contributed by atoms with E-state index >= 15 is 0 Å². The molecule has 0 radical (unpaired) electrons. The molecule has 3 aliphatic heterocycles. The molecule has 2 unspecified atom stereocenters. The zero-order valence-electron chi connectivity index (χ0n) is 29.2. The maximum Gasteiger partial charge on any atom is 0.326 e. The first-order valence-electron chi connectivity index (χ1n) is 17.3. The molecule has 2 saturated heterocycles. The lowest BCUT2D eigenvalue weighted by Gasteiger charge is -2.39. The third-order valence-electron chi connectivity index (χ3n) is 9.68. The zero-order chi connectivity index (χ0) is 36.3. The number of benzene rings is 3. The van der Waals surface area contributed by atoms with E-state index in [0.29, 0.717) is 66.5 Å². The summed E-state index contributed by atoms with van der Waals surface area (Å²) in [6.07, 6.45) is 3.23. The average Bonchev–Trinajstić information content (AvgIpc) is 3.53. The summed E-state index contributed by atoms with van der Waals surface area (Å²) in [6, 6.07) is 17.9. The molecule has 0 bridgehead atoms. The Morgan fingerprint density at radius 1 is 0.824 bits per heavy atom. The first-order chi connectivity index (χ1) is 24.5. The van der Waals surface area contributed by atoms with E-state index < -0.39 is 22.1 Å². The molecule has 51 heavy (non-hydrogen) atoms. The minimum Gasteiger partial charge on any atom is -0.493 e. The molecule has 14 heteroatoms. The Labute approximate surface area is 310 Å². The van der Waals surface area contributed by atoms with Crippen molar-refractivity contribution < 1.29 is 22.7 Å². The third kappa shape index (κ3) is 8.05. The summed E-state index contributed by atoms with van der Waals surface area (Å²) in [6.45, 7) is 5.98. The van der Waals surface area contributed by atoms with Gasteiger partial charge in [0.2, 0.25) is 15.9 Å². The maximum atomic E-state index is 15.0. The van der Waals surface area contributed by atoms with Crippen LogP contribution >= 0.6 is 23.2 Å². The Hall–Kier alpha value is -3.68. The van der Waals surface area contributed by atoms with Crippen molar-refractivity contribution >= 4 is 51.0 Å². The van der Waals surface area contributed by atoms with Gasteiger partial charge < -0.3 is 14.5 Å². The molecule has 2 atom stereocenters. The molecule has 3 aromatic rings. The van der Waals surface area contributed by atoms with Crippen LogP contribution < -0.4 is 4.74 Å². The Balaban J connectivity index is 1.41. The van der Waals surface area contributed by atoms with Crippen molar-refractivity contribution in [2.75, 3.05) is 66.5 Å². The Bertz CT molecular complexity index is 1860. The van der Waals surface area contributed by atoms with Crippen molar-refractivity contribution in [2.24, 2.45) is 4.99 Å². The van der Waals surface area contributed by atoms with Crippen LogP contribution in [0.25, 0.3) is 0 Å². The van der Waals surface area contributed by atoms with Crippen LogP contribution in [-0.4, -0.2) is 117 Å². The summed E-state index contributed by atoms with van der Waals surface area (Å²) in [4.78, 5) is 40.8. The molecular weight excluding hydrogens is 711 g/mol. The predicted molar refractivity (Wildman–Crippen MR) is 199 cm³/mol. The van der Waals surface area contributed by atoms with E-state index in [2.05, 4.69) is 4.90 Å². The van der Waals surface area contributed by atoms with Crippen LogP contribution in [0.5, 0.6) is 5.75 Å². The molecule has 3 amide bonds. The lowest BCUT2D eigenvalue weighted by Crippen LogP contribution is -2.55. The summed E-state index contributed by atoms with van der Waals surface area (Å²) >= 11 is 12.6. The van der Waals surface area contributed by atoms with Crippen molar-refractivity contribution in [1.29, 1.82) is 0 Å². The van der Waals surface area contributed by atoms with E-state index in [1.807, 2.05) is 36.1 Å². The number of urea groups is 1. The Kier molecular flexibility index (Phi) is 11.6. The van der Waals surface area contributed by atoms with Crippen LogP contribution in [0, 0.1) is 0 Å². The first kappa shape index (κ1) is 37.1. The van der Waals surface area contributed by atoms with Crippen molar-refractivity contribution in [3.8, 4) is 5.75 Å². The largest absolute Gasteiger partial charge is 0.493 e. The molecule has 0 saturated carbocycles. The van der Waals surface area contributed by atoms with Gasteiger partial charge in [0.15, 0.2) is 0 Å². The predicted octanol–water partition coefficient (Wildman–Crippen LogP) is 5.94. The van der Waals surface area contributed by atoms with Gasteiger partial charge >= 0.3 is 6.03 Å². The van der Waals surface area contributed by atoms with E-state index in [1.54, 1.807) is 40.1 Å². The van der Waals surface area contributed by atoms with Crippen LogP contribution in [0.1, 0.15) is 55.0 Å². The number of halogens is 2. The van der Waals surface area contributed by atoms with Crippen molar-refractivity contribution in [1.82, 2.24) is 23.9 Å². The number of rotatable bonds is 9. The highest BCUT2D eigenvalue weighted by atomic mass is 35.5. The number of nitrogens with zero attached hydrogens (tertiary/aromatic N) is 6. The summed E-state index contributed by atoms with van der Waals surface area (Å²) in [5.74, 6) is 0.828. The van der Waals surface area contributed by atoms with E-state index in [1.165, 1.54) is 26.2 Å². The number of likely N-dealkylation sites (tertiary alicyclic amines) is 1. The van der Waals surface area contributed by atoms with Crippen molar-refractivity contribution in [2.45, 2.75) is 43.2 Å². The van der Waals surface area contributed by atoms with Crippen LogP contribution in [0.3, 0.4) is 0 Å². The molecule has 3 aliphatic rings. The topological polar surface area (TPSA) is 106 Å². The smallest absolute Gasteiger partial charge is 0.326 e. The molecular formula is C37H44Cl2N6O5S. The van der Waals surface area contributed by atoms with Gasteiger partial charge in [-0.15, -0.1) is 0 Å². The number of hydrogen-bond acceptors (Lipinski definition) is 7. The van der Waals surface area contributed by atoms with Crippen molar-refractivity contribution in [3.05, 3.63) is 93.5 Å². The van der Waals surface area contributed by atoms with E-state index in [4.69, 9.17) is 32.9 Å². The lowest BCUT2D eigenvalue weighted by molar-refractivity contribution is -0.133. The van der Waals surface area contributed by atoms with Crippen LogP contribution in [0.15, 0.2) is 76.6 Å². The number of hydrogen-bond donors (Lipinski definition) is 0. The van der Waals surface area contributed by atoms with Gasteiger partial charge in [-0.1, -0.05) is 47.5 Å². The van der Waals surface area contributed by atoms with Gasteiger partial charge in [0.1, 0.15) is 17.6 Å². The van der Waals surface area contributed by atoms with Gasteiger partial charge in [0.05, 0.1) is 29.7 Å². The quantitative estimate of drug-likeness (QED) is 0.268. The number of ether oxygens (including phenoxy) is 1. The van der Waals surface area contributed by atoms with E-state index in [0.717, 1.165) is 47.8 Å². The van der Waals surface area contributed by atoms with Gasteiger partial charge in [-0.2, -0.15) is 0 Å². The number of piperidine rings is 1. The monoisotopic (exact) mass is 754 g/mol. The standard InChI is InChI=1S/C37H44Cl2N6O5S/c1-4-50-32-17-16-30(51(48,49)41(2)3)24-31(32)36-40-34(26-8-12-28(38)13-9-26)35(27-10-14-29(39)15-11-27)45(36)37(47)44-22-20-42(21-23-44)25-33(46)43-18-6-5-7-19-43/h8-17,24,34-35H,4-7,18-23,25H2,1-3H3. The number of amides is 3. The average molecular weight is 756 g/mol. The number of carbonyl (C=O) groups is 2. The Morgan fingerprint density at radius 2 is 1.43 bits per heavy atom. The SMILES string of the molecule is CCOc1ccc(S(=O)(=O)N(C)C)cc1C1=NC(c2ccc(Cl)cc2)C(c2ccc(Cl)cc2)N1C(=O)N1CCN(CC(=O)N2CCCCC2)CC1. The molecule has 0 N–H and O–H groups in total. The maximum absolute atomic E-state index is 15.0. The number of aliphatic imine (C=N–C) groups is 1. The highest BCUT2D eigenvalue weighted by molar-refractivity contribution is 7.89. The fraction of sp³-hybridized carbons (Fsp3) is 0.432. The van der Waals surface area contributed by atoms with E-state index in [9.17, 15) is 18.0 Å². The number of carbonyl (C=O) groups excluding carboxylic acids is 2. The lowest BCUT2D eigenvalue weighted by atomic mass is 9.93. The number of sulfonamides is 1. The molecule has 0 spiro atoms. The van der Waals surface area contributed by atoms with Gasteiger partial charge in [-0.05, 0) is 79.8 Å². The van der Waals surface area contributed by atoms with Crippen LogP contribution in [0.2, 0.25) is 10.0 Å². The fourth-order valence-electron chi connectivity index (χ4n) is 6.88. The summed E-state index contributed by atoms with van der Waals surface area (Å²) in [5, 5.41) is 1.11. The normalized spacial score (nSPS) is 20.1. The first-order valence-corrected chi connectivity index (χ1v) is 19.5. The molecule has 272 valence electrons. The fourth-order valence-corrected chi connectivity index (χ4v) is 8.06. The highest BCUT2D eigenvalue weighted by Gasteiger charge is 2.45. The van der Waals surface area contributed by atoms with Gasteiger partial charge in [0, 0.05) is 63.4 Å². The van der Waals surface area contributed by atoms with Crippen molar-refractivity contribution in [3.63, 3.8) is 0 Å². The van der Waals surface area contributed by atoms with Crippen LogP contribution in [0.4, 0.5) is 4.79 Å². The molecule has 0 aromatic heterocycles. The minimum atomic E-state index is -3.84. The molecule has 2 fully saturated rings. The molecule has 0 aliphatic carbocycles. The number of piperazine rings is 1. The number of amidine groups is 1. The molecule has 6 rings (SSSR count). The van der Waals surface area contributed by atoms with Gasteiger partial charge in [-0.25, -0.2) is 17.5 Å². The summed E-state index contributed by atoms with van der Waals surface area (Å²) in [7, 11) is -0.894. The van der Waals surface area contributed by atoms with Gasteiger partial charge in [-0.3, -0.25) is 19.6 Å². The van der Waals surface area contributed by atoms with Crippen LogP contribution in [-0.2, 0) is 14.8 Å². The van der Waals surface area contributed by atoms with Gasteiger partial charge in [0.25, 0.3) is 0 Å².